The van der Waals surface area contributed by atoms with E-state index in [9.17, 15) is 10.1 Å². The molecular formula is C24H19N7O2. The average Bonchev–Trinajstić information content (AvgIpc) is 3.28. The van der Waals surface area contributed by atoms with Crippen molar-refractivity contribution in [3.8, 4) is 5.82 Å². The van der Waals surface area contributed by atoms with Crippen LogP contribution in [0.1, 0.15) is 11.1 Å². The minimum atomic E-state index is -0.454. The molecule has 0 atom stereocenters. The van der Waals surface area contributed by atoms with Gasteiger partial charge in [-0.3, -0.25) is 10.1 Å². The van der Waals surface area contributed by atoms with E-state index in [-0.39, 0.29) is 17.3 Å². The van der Waals surface area contributed by atoms with Gasteiger partial charge in [-0.1, -0.05) is 78.0 Å². The topological polar surface area (TPSA) is 103 Å². The summed E-state index contributed by atoms with van der Waals surface area (Å²) < 4.78 is 1.39. The van der Waals surface area contributed by atoms with E-state index < -0.39 is 4.92 Å². The summed E-state index contributed by atoms with van der Waals surface area (Å²) in [6.45, 7) is 0.871. The molecule has 0 spiro atoms. The van der Waals surface area contributed by atoms with Crippen molar-refractivity contribution < 1.29 is 4.92 Å². The maximum atomic E-state index is 12.3. The molecule has 2 heterocycles. The van der Waals surface area contributed by atoms with E-state index in [4.69, 9.17) is 0 Å². The second kappa shape index (κ2) is 8.83. The Labute approximate surface area is 189 Å². The molecule has 0 aliphatic carbocycles. The van der Waals surface area contributed by atoms with Gasteiger partial charge in [0.2, 0.25) is 11.6 Å². The Morgan fingerprint density at radius 3 is 2.06 bits per heavy atom. The Morgan fingerprint density at radius 2 is 1.42 bits per heavy atom. The lowest BCUT2D eigenvalue weighted by atomic mass is 10.1. The third-order valence-corrected chi connectivity index (χ3v) is 5.25. The van der Waals surface area contributed by atoms with Gasteiger partial charge in [0.1, 0.15) is 11.8 Å². The van der Waals surface area contributed by atoms with Crippen LogP contribution in [-0.4, -0.2) is 29.9 Å². The summed E-state index contributed by atoms with van der Waals surface area (Å²) in [6, 6.07) is 26.8. The van der Waals surface area contributed by atoms with Gasteiger partial charge in [0.05, 0.1) is 10.4 Å². The van der Waals surface area contributed by atoms with Crippen LogP contribution in [0.3, 0.4) is 0 Å². The Balaban J connectivity index is 1.65. The predicted octanol–water partition coefficient (Wildman–Crippen LogP) is 4.33. The molecule has 0 aliphatic rings. The summed E-state index contributed by atoms with van der Waals surface area (Å²) in [4.78, 5) is 22.3. The SMILES string of the molecule is O=[N+]([O-])c1c(N(Cc2ccccc2)Cc2ccccc2)ncnc1-n1nnc2ccccc21. The Morgan fingerprint density at radius 1 is 0.818 bits per heavy atom. The van der Waals surface area contributed by atoms with Gasteiger partial charge >= 0.3 is 5.69 Å². The lowest BCUT2D eigenvalue weighted by Gasteiger charge is -2.24. The molecule has 0 N–H and O–H groups in total. The van der Waals surface area contributed by atoms with Gasteiger partial charge in [-0.2, -0.15) is 4.68 Å². The molecule has 0 amide bonds. The standard InChI is InChI=1S/C24H19N7O2/c32-31(33)22-23(25-17-26-24(22)30-21-14-8-7-13-20(21)27-28-30)29(15-18-9-3-1-4-10-18)16-19-11-5-2-6-12-19/h1-14,17H,15-16H2. The first-order chi connectivity index (χ1) is 16.2. The van der Waals surface area contributed by atoms with Crippen molar-refractivity contribution in [1.82, 2.24) is 25.0 Å². The summed E-state index contributed by atoms with van der Waals surface area (Å²) in [7, 11) is 0. The molecule has 9 heteroatoms. The van der Waals surface area contributed by atoms with Gasteiger partial charge in [-0.25, -0.2) is 9.97 Å². The van der Waals surface area contributed by atoms with Gasteiger partial charge in [-0.15, -0.1) is 5.10 Å². The fraction of sp³-hybridized carbons (Fsp3) is 0.0833. The number of para-hydroxylation sites is 1. The van der Waals surface area contributed by atoms with Gasteiger partial charge < -0.3 is 4.90 Å². The van der Waals surface area contributed by atoms with Crippen LogP contribution >= 0.6 is 0 Å². The molecule has 5 aromatic rings. The third kappa shape index (κ3) is 4.11. The minimum absolute atomic E-state index is 0.0739. The summed E-state index contributed by atoms with van der Waals surface area (Å²) >= 11 is 0. The first-order valence-electron chi connectivity index (χ1n) is 10.3. The number of benzene rings is 3. The second-order valence-corrected chi connectivity index (χ2v) is 7.44. The van der Waals surface area contributed by atoms with Crippen LogP contribution in [-0.2, 0) is 13.1 Å². The number of fused-ring (bicyclic) bond motifs is 1. The highest BCUT2D eigenvalue weighted by Gasteiger charge is 2.29. The molecule has 0 saturated heterocycles. The van der Waals surface area contributed by atoms with Gasteiger partial charge in [0.15, 0.2) is 0 Å². The highest BCUT2D eigenvalue weighted by atomic mass is 16.6. The maximum absolute atomic E-state index is 12.3. The lowest BCUT2D eigenvalue weighted by molar-refractivity contribution is -0.384. The van der Waals surface area contributed by atoms with Gasteiger partial charge in [0, 0.05) is 13.1 Å². The van der Waals surface area contributed by atoms with Crippen molar-refractivity contribution in [1.29, 1.82) is 0 Å². The normalized spacial score (nSPS) is 10.9. The molecule has 3 aromatic carbocycles. The fourth-order valence-electron chi connectivity index (χ4n) is 3.75. The van der Waals surface area contributed by atoms with E-state index in [2.05, 4.69) is 20.3 Å². The first-order valence-corrected chi connectivity index (χ1v) is 10.3. The molecule has 0 bridgehead atoms. The largest absolute Gasteiger partial charge is 0.355 e. The van der Waals surface area contributed by atoms with Crippen LogP contribution < -0.4 is 4.90 Å². The number of anilines is 1. The van der Waals surface area contributed by atoms with Crippen molar-refractivity contribution in [3.63, 3.8) is 0 Å². The van der Waals surface area contributed by atoms with E-state index in [0.29, 0.717) is 24.1 Å². The summed E-state index contributed by atoms with van der Waals surface area (Å²) in [5.74, 6) is 0.294. The van der Waals surface area contributed by atoms with Crippen molar-refractivity contribution in [2.24, 2.45) is 0 Å². The minimum Gasteiger partial charge on any atom is -0.342 e. The second-order valence-electron chi connectivity index (χ2n) is 7.44. The Kier molecular flexibility index (Phi) is 5.42. The van der Waals surface area contributed by atoms with E-state index in [0.717, 1.165) is 11.1 Å². The highest BCUT2D eigenvalue weighted by Crippen LogP contribution is 2.33. The number of nitrogens with zero attached hydrogens (tertiary/aromatic N) is 7. The monoisotopic (exact) mass is 437 g/mol. The molecular weight excluding hydrogens is 418 g/mol. The molecule has 9 nitrogen and oxygen atoms in total. The molecule has 0 saturated carbocycles. The third-order valence-electron chi connectivity index (χ3n) is 5.25. The van der Waals surface area contributed by atoms with Gasteiger partial charge in [0.25, 0.3) is 0 Å². The van der Waals surface area contributed by atoms with Crippen molar-refractivity contribution in [3.05, 3.63) is 112 Å². The zero-order chi connectivity index (χ0) is 22.6. The van der Waals surface area contributed by atoms with E-state index >= 15 is 0 Å². The average molecular weight is 437 g/mol. The quantitative estimate of drug-likeness (QED) is 0.276. The Hall–Kier alpha value is -4.66. The van der Waals surface area contributed by atoms with Crippen LogP contribution in [0, 0.1) is 10.1 Å². The van der Waals surface area contributed by atoms with Gasteiger partial charge in [-0.05, 0) is 23.3 Å². The molecule has 2 aromatic heterocycles. The smallest absolute Gasteiger partial charge is 0.342 e. The van der Waals surface area contributed by atoms with Crippen LogP contribution in [0.5, 0.6) is 0 Å². The maximum Gasteiger partial charge on any atom is 0.355 e. The zero-order valence-corrected chi connectivity index (χ0v) is 17.5. The molecule has 5 rings (SSSR count). The fourth-order valence-corrected chi connectivity index (χ4v) is 3.75. The summed E-state index contributed by atoms with van der Waals surface area (Å²) in [6.07, 6.45) is 1.33. The van der Waals surface area contributed by atoms with E-state index in [1.165, 1.54) is 11.0 Å². The van der Waals surface area contributed by atoms with E-state index in [1.54, 1.807) is 12.1 Å². The van der Waals surface area contributed by atoms with Crippen LogP contribution in [0.15, 0.2) is 91.3 Å². The number of hydrogen-bond acceptors (Lipinski definition) is 7. The number of nitro groups is 1. The molecule has 162 valence electrons. The number of hydrogen-bond donors (Lipinski definition) is 0. The summed E-state index contributed by atoms with van der Waals surface area (Å²) in [5.41, 5.74) is 3.04. The molecule has 0 fully saturated rings. The molecule has 0 aliphatic heterocycles. The highest BCUT2D eigenvalue weighted by molar-refractivity contribution is 5.78. The number of aromatic nitrogens is 5. The zero-order valence-electron chi connectivity index (χ0n) is 17.5. The lowest BCUT2D eigenvalue weighted by Crippen LogP contribution is -2.25. The molecule has 0 radical (unpaired) electrons. The Bertz CT molecular complexity index is 1360. The van der Waals surface area contributed by atoms with E-state index in [1.807, 2.05) is 77.7 Å². The van der Waals surface area contributed by atoms with Crippen LogP contribution in [0.2, 0.25) is 0 Å². The first kappa shape index (κ1) is 20.3. The van der Waals surface area contributed by atoms with Crippen molar-refractivity contribution >= 4 is 22.5 Å². The van der Waals surface area contributed by atoms with Crippen LogP contribution in [0.25, 0.3) is 16.9 Å². The molecule has 33 heavy (non-hydrogen) atoms. The molecule has 0 unspecified atom stereocenters. The summed E-state index contributed by atoms with van der Waals surface area (Å²) in [5, 5.41) is 20.6. The number of rotatable bonds is 7. The van der Waals surface area contributed by atoms with Crippen molar-refractivity contribution in [2.75, 3.05) is 4.90 Å². The van der Waals surface area contributed by atoms with Crippen molar-refractivity contribution in [2.45, 2.75) is 13.1 Å². The predicted molar refractivity (Wildman–Crippen MR) is 124 cm³/mol. The van der Waals surface area contributed by atoms with Crippen LogP contribution in [0.4, 0.5) is 11.5 Å².